The van der Waals surface area contributed by atoms with Gasteiger partial charge in [0.05, 0.1) is 16.2 Å². The van der Waals surface area contributed by atoms with E-state index in [4.69, 9.17) is 0 Å². The van der Waals surface area contributed by atoms with Crippen molar-refractivity contribution >= 4 is 10.1 Å². The van der Waals surface area contributed by atoms with Crippen molar-refractivity contribution < 1.29 is 47.6 Å². The molecule has 0 aliphatic rings. The molecule has 0 aromatic rings. The Hall–Kier alpha value is 0.870. The number of rotatable bonds is 16. The second-order valence-corrected chi connectivity index (χ2v) is 8.65. The van der Waals surface area contributed by atoms with E-state index in [1.54, 1.807) is 0 Å². The van der Waals surface area contributed by atoms with Gasteiger partial charge in [0.15, 0.2) is 0 Å². The molecule has 4 nitrogen and oxygen atoms in total. The molecule has 2 unspecified atom stereocenters. The molecule has 0 bridgehead atoms. The van der Waals surface area contributed by atoms with Crippen molar-refractivity contribution in [2.45, 2.75) is 115 Å². The molecule has 0 aliphatic heterocycles. The van der Waals surface area contributed by atoms with Gasteiger partial charge in [0, 0.05) is 5.25 Å². The first-order chi connectivity index (χ1) is 10.9. The third kappa shape index (κ3) is 17.7. The fourth-order valence-corrected chi connectivity index (χ4v) is 3.25. The van der Waals surface area contributed by atoms with E-state index in [2.05, 4.69) is 6.92 Å². The molecule has 0 rings (SSSR count). The number of aliphatic hydroxyl groups is 1. The summed E-state index contributed by atoms with van der Waals surface area (Å²) in [6.45, 7) is 3.71. The van der Waals surface area contributed by atoms with Crippen LogP contribution in [-0.2, 0) is 10.1 Å². The predicted octanol–water partition coefficient (Wildman–Crippen LogP) is 1.77. The van der Waals surface area contributed by atoms with Crippen molar-refractivity contribution in [1.29, 1.82) is 0 Å². The zero-order valence-corrected chi connectivity index (χ0v) is 19.0. The molecule has 0 heterocycles. The molecule has 0 aromatic carbocycles. The molecule has 0 fully saturated rings. The van der Waals surface area contributed by atoms with Gasteiger partial charge in [0.2, 0.25) is 0 Å². The summed E-state index contributed by atoms with van der Waals surface area (Å²) in [5.74, 6) is 0. The summed E-state index contributed by atoms with van der Waals surface area (Å²) in [7, 11) is -4.11. The van der Waals surface area contributed by atoms with Crippen LogP contribution in [0.5, 0.6) is 0 Å². The first-order valence-electron chi connectivity index (χ1n) is 9.50. The maximum Gasteiger partial charge on any atom is 1.00 e. The van der Waals surface area contributed by atoms with Crippen LogP contribution in [0.15, 0.2) is 0 Å². The van der Waals surface area contributed by atoms with Crippen molar-refractivity contribution in [3.63, 3.8) is 0 Å². The van der Waals surface area contributed by atoms with E-state index in [-0.39, 0.29) is 35.7 Å². The van der Waals surface area contributed by atoms with Gasteiger partial charge in [-0.1, -0.05) is 77.6 Å². The molecular weight excluding hydrogens is 335 g/mol. The molecule has 0 amide bonds. The number of hydrogen-bond donors (Lipinski definition) is 1. The standard InChI is InChI=1S/C18H38O4S.Na/c1-3-4-5-6-9-12-15-18(19)16-13-10-7-8-11-14-17(2)23(20,21)22;/h17-19H,3-16H2,1-2H3,(H,20,21,22);/q;+1/p-1. The number of hydrogen-bond acceptors (Lipinski definition) is 4. The average Bonchev–Trinajstić information content (AvgIpc) is 2.48. The molecule has 140 valence electrons. The summed E-state index contributed by atoms with van der Waals surface area (Å²) < 4.78 is 32.2. The summed E-state index contributed by atoms with van der Waals surface area (Å²) in [5.41, 5.74) is 0. The van der Waals surface area contributed by atoms with Crippen LogP contribution in [0.3, 0.4) is 0 Å². The third-order valence-corrected chi connectivity index (χ3v) is 5.75. The van der Waals surface area contributed by atoms with Gasteiger partial charge < -0.3 is 9.66 Å². The largest absolute Gasteiger partial charge is 1.00 e. The van der Waals surface area contributed by atoms with Crippen LogP contribution in [0, 0.1) is 0 Å². The summed E-state index contributed by atoms with van der Waals surface area (Å²) >= 11 is 0. The molecule has 0 aromatic heterocycles. The maximum atomic E-state index is 10.7. The Morgan fingerprint density at radius 2 is 1.17 bits per heavy atom. The van der Waals surface area contributed by atoms with Crippen LogP contribution in [0.2, 0.25) is 0 Å². The SMILES string of the molecule is CCCCCCCCC(O)CCCCCCCC(C)S(=O)(=O)[O-].[Na+]. The van der Waals surface area contributed by atoms with E-state index >= 15 is 0 Å². The Morgan fingerprint density at radius 1 is 0.792 bits per heavy atom. The van der Waals surface area contributed by atoms with Gasteiger partial charge in [0.25, 0.3) is 0 Å². The van der Waals surface area contributed by atoms with Gasteiger partial charge in [0.1, 0.15) is 0 Å². The van der Waals surface area contributed by atoms with E-state index in [0.29, 0.717) is 6.42 Å². The van der Waals surface area contributed by atoms with Gasteiger partial charge >= 0.3 is 29.6 Å². The van der Waals surface area contributed by atoms with Crippen molar-refractivity contribution in [2.24, 2.45) is 0 Å². The van der Waals surface area contributed by atoms with Gasteiger partial charge in [-0.25, -0.2) is 8.42 Å². The molecule has 24 heavy (non-hydrogen) atoms. The molecule has 2 atom stereocenters. The molecular formula is C18H37NaO4S. The molecule has 6 heteroatoms. The van der Waals surface area contributed by atoms with Crippen LogP contribution in [0.1, 0.15) is 104 Å². The van der Waals surface area contributed by atoms with Gasteiger partial charge in [-0.15, -0.1) is 0 Å². The molecule has 0 radical (unpaired) electrons. The van der Waals surface area contributed by atoms with Gasteiger partial charge in [-0.05, 0) is 26.2 Å². The maximum absolute atomic E-state index is 10.7. The third-order valence-electron chi connectivity index (χ3n) is 4.53. The minimum Gasteiger partial charge on any atom is -0.748 e. The summed E-state index contributed by atoms with van der Waals surface area (Å²) in [6, 6.07) is 0. The van der Waals surface area contributed by atoms with Crippen LogP contribution in [0.25, 0.3) is 0 Å². The Kier molecular flexibility index (Phi) is 19.5. The normalized spacial score (nSPS) is 14.2. The van der Waals surface area contributed by atoms with Crippen LogP contribution in [-0.4, -0.2) is 29.4 Å². The van der Waals surface area contributed by atoms with E-state index in [1.165, 1.54) is 39.0 Å². The minimum absolute atomic E-state index is 0. The zero-order valence-electron chi connectivity index (χ0n) is 16.1. The van der Waals surface area contributed by atoms with E-state index in [9.17, 15) is 18.1 Å². The predicted molar refractivity (Wildman–Crippen MR) is 95.5 cm³/mol. The Bertz CT molecular complexity index is 360. The quantitative estimate of drug-likeness (QED) is 0.254. The van der Waals surface area contributed by atoms with Crippen molar-refractivity contribution in [1.82, 2.24) is 0 Å². The molecule has 0 saturated carbocycles. The zero-order chi connectivity index (χ0) is 17.6. The van der Waals surface area contributed by atoms with Gasteiger partial charge in [-0.3, -0.25) is 0 Å². The topological polar surface area (TPSA) is 77.4 Å². The van der Waals surface area contributed by atoms with Crippen LogP contribution < -0.4 is 29.6 Å². The summed E-state index contributed by atoms with van der Waals surface area (Å²) in [4.78, 5) is 0. The molecule has 1 N–H and O–H groups in total. The average molecular weight is 373 g/mol. The van der Waals surface area contributed by atoms with Crippen LogP contribution >= 0.6 is 0 Å². The van der Waals surface area contributed by atoms with E-state index in [1.807, 2.05) is 0 Å². The van der Waals surface area contributed by atoms with E-state index in [0.717, 1.165) is 51.4 Å². The van der Waals surface area contributed by atoms with Crippen molar-refractivity contribution in [3.8, 4) is 0 Å². The van der Waals surface area contributed by atoms with E-state index < -0.39 is 15.4 Å². The Labute approximate surface area is 172 Å². The monoisotopic (exact) mass is 372 g/mol. The molecule has 0 saturated heterocycles. The summed E-state index contributed by atoms with van der Waals surface area (Å²) in [5, 5.41) is 9.15. The first kappa shape index (κ1) is 27.1. The number of unbranched alkanes of at least 4 members (excludes halogenated alkanes) is 9. The Morgan fingerprint density at radius 3 is 1.58 bits per heavy atom. The Balaban J connectivity index is 0. The minimum atomic E-state index is -4.11. The number of aliphatic hydroxyl groups excluding tert-OH is 1. The van der Waals surface area contributed by atoms with Crippen molar-refractivity contribution in [2.75, 3.05) is 0 Å². The molecule has 0 spiro atoms. The van der Waals surface area contributed by atoms with Crippen molar-refractivity contribution in [3.05, 3.63) is 0 Å². The second-order valence-electron chi connectivity index (χ2n) is 6.86. The van der Waals surface area contributed by atoms with Crippen LogP contribution in [0.4, 0.5) is 0 Å². The first-order valence-corrected chi connectivity index (χ1v) is 11.0. The van der Waals surface area contributed by atoms with Gasteiger partial charge in [-0.2, -0.15) is 0 Å². The summed E-state index contributed by atoms with van der Waals surface area (Å²) in [6.07, 6.45) is 14.6. The fourth-order valence-electron chi connectivity index (χ4n) is 2.79. The molecule has 0 aliphatic carbocycles. The fraction of sp³-hybridized carbons (Fsp3) is 1.00. The second kappa shape index (κ2) is 17.3. The smallest absolute Gasteiger partial charge is 0.748 e.